The first-order valence-electron chi connectivity index (χ1n) is 4.68. The van der Waals surface area contributed by atoms with E-state index >= 15 is 0 Å². The molecule has 3 N–H and O–H groups in total. The minimum atomic E-state index is 0.503. The van der Waals surface area contributed by atoms with Gasteiger partial charge in [-0.25, -0.2) is 0 Å². The molecule has 14 heavy (non-hydrogen) atoms. The molecule has 2 nitrogen and oxygen atoms in total. The lowest BCUT2D eigenvalue weighted by molar-refractivity contribution is 0.446. The Morgan fingerprint density at radius 1 is 1.21 bits per heavy atom. The zero-order chi connectivity index (χ0) is 10.1. The molecule has 0 spiro atoms. The number of nitrogens with two attached hydrogens (primary N) is 1. The average molecular weight is 231 g/mol. The Labute approximate surface area is 93.4 Å². The number of hydrogen-bond donors (Lipinski definition) is 2. The van der Waals surface area contributed by atoms with Gasteiger partial charge in [0.25, 0.3) is 0 Å². The summed E-state index contributed by atoms with van der Waals surface area (Å²) in [6, 6.07) is 4.03. The molecule has 1 aromatic rings. The third-order valence-corrected chi connectivity index (χ3v) is 3.28. The molecule has 1 fully saturated rings. The second-order valence-corrected chi connectivity index (χ2v) is 4.44. The topological polar surface area (TPSA) is 38.0 Å². The lowest BCUT2D eigenvalue weighted by atomic mass is 9.93. The summed E-state index contributed by atoms with van der Waals surface area (Å²) in [7, 11) is 0. The van der Waals surface area contributed by atoms with Crippen molar-refractivity contribution in [3.8, 4) is 0 Å². The van der Waals surface area contributed by atoms with Gasteiger partial charge in [-0.3, -0.25) is 0 Å². The second kappa shape index (κ2) is 3.87. The predicted molar refractivity (Wildman–Crippen MR) is 62.1 cm³/mol. The van der Waals surface area contributed by atoms with Gasteiger partial charge in [0.15, 0.2) is 0 Å². The van der Waals surface area contributed by atoms with Crippen LogP contribution in [-0.2, 0) is 0 Å². The number of hydrogen-bond acceptors (Lipinski definition) is 2. The molecule has 0 aromatic heterocycles. The van der Waals surface area contributed by atoms with Crippen molar-refractivity contribution in [1.29, 1.82) is 0 Å². The molecule has 0 atom stereocenters. The van der Waals surface area contributed by atoms with Gasteiger partial charge in [0.05, 0.1) is 21.4 Å². The summed E-state index contributed by atoms with van der Waals surface area (Å²) in [6.45, 7) is 0. The van der Waals surface area contributed by atoms with E-state index < -0.39 is 0 Å². The monoisotopic (exact) mass is 230 g/mol. The molecular formula is C10H12Cl2N2. The van der Waals surface area contributed by atoms with Crippen LogP contribution < -0.4 is 11.1 Å². The SMILES string of the molecule is Nc1cc(Cl)c(Cl)cc1NC1CCC1. The number of rotatable bonds is 2. The van der Waals surface area contributed by atoms with Gasteiger partial charge in [0, 0.05) is 6.04 Å². The fourth-order valence-corrected chi connectivity index (χ4v) is 1.80. The summed E-state index contributed by atoms with van der Waals surface area (Å²) in [5.41, 5.74) is 7.36. The molecule has 1 aliphatic rings. The van der Waals surface area contributed by atoms with Gasteiger partial charge in [0.2, 0.25) is 0 Å². The first kappa shape index (κ1) is 9.94. The largest absolute Gasteiger partial charge is 0.397 e. The minimum absolute atomic E-state index is 0.503. The standard InChI is InChI=1S/C10H12Cl2N2/c11-7-4-9(13)10(5-8(7)12)14-6-2-1-3-6/h4-6,14H,1-3,13H2. The Kier molecular flexibility index (Phi) is 2.75. The molecule has 0 heterocycles. The van der Waals surface area contributed by atoms with Crippen LogP contribution >= 0.6 is 23.2 Å². The summed E-state index contributed by atoms with van der Waals surface area (Å²) < 4.78 is 0. The third-order valence-electron chi connectivity index (χ3n) is 2.56. The zero-order valence-corrected chi connectivity index (χ0v) is 9.20. The van der Waals surface area contributed by atoms with E-state index in [1.807, 2.05) is 0 Å². The summed E-state index contributed by atoms with van der Waals surface area (Å²) in [4.78, 5) is 0. The normalized spacial score (nSPS) is 16.4. The van der Waals surface area contributed by atoms with E-state index in [-0.39, 0.29) is 0 Å². The number of benzene rings is 1. The Balaban J connectivity index is 2.19. The molecule has 76 valence electrons. The number of halogens is 2. The van der Waals surface area contributed by atoms with Crippen molar-refractivity contribution in [1.82, 2.24) is 0 Å². The number of nitrogen functional groups attached to an aromatic ring is 1. The quantitative estimate of drug-likeness (QED) is 0.764. The highest BCUT2D eigenvalue weighted by Crippen LogP contribution is 2.33. The molecule has 0 amide bonds. The maximum Gasteiger partial charge on any atom is 0.0614 e. The van der Waals surface area contributed by atoms with Crippen LogP contribution in [0.5, 0.6) is 0 Å². The minimum Gasteiger partial charge on any atom is -0.397 e. The summed E-state index contributed by atoms with van der Waals surface area (Å²) in [6.07, 6.45) is 3.71. The van der Waals surface area contributed by atoms with Gasteiger partial charge in [-0.15, -0.1) is 0 Å². The van der Waals surface area contributed by atoms with Gasteiger partial charge in [0.1, 0.15) is 0 Å². The Morgan fingerprint density at radius 2 is 1.86 bits per heavy atom. The van der Waals surface area contributed by atoms with Crippen molar-refractivity contribution in [3.63, 3.8) is 0 Å². The fraction of sp³-hybridized carbons (Fsp3) is 0.400. The van der Waals surface area contributed by atoms with E-state index in [1.165, 1.54) is 19.3 Å². The molecule has 0 bridgehead atoms. The van der Waals surface area contributed by atoms with Crippen molar-refractivity contribution in [2.45, 2.75) is 25.3 Å². The Bertz CT molecular complexity index is 348. The van der Waals surface area contributed by atoms with Crippen molar-refractivity contribution < 1.29 is 0 Å². The van der Waals surface area contributed by atoms with E-state index in [4.69, 9.17) is 28.9 Å². The van der Waals surface area contributed by atoms with E-state index in [2.05, 4.69) is 5.32 Å². The van der Waals surface area contributed by atoms with Crippen LogP contribution in [0.3, 0.4) is 0 Å². The highest BCUT2D eigenvalue weighted by atomic mass is 35.5. The highest BCUT2D eigenvalue weighted by molar-refractivity contribution is 6.42. The maximum absolute atomic E-state index is 5.90. The average Bonchev–Trinajstić information content (AvgIpc) is 2.06. The van der Waals surface area contributed by atoms with Gasteiger partial charge in [-0.2, -0.15) is 0 Å². The summed E-state index contributed by atoms with van der Waals surface area (Å²) in [5.74, 6) is 0. The molecule has 2 rings (SSSR count). The Hall–Kier alpha value is -0.600. The smallest absolute Gasteiger partial charge is 0.0614 e. The lowest BCUT2D eigenvalue weighted by Gasteiger charge is -2.28. The maximum atomic E-state index is 5.90. The first-order chi connectivity index (χ1) is 6.66. The van der Waals surface area contributed by atoms with Crippen molar-refractivity contribution in [2.24, 2.45) is 0 Å². The van der Waals surface area contributed by atoms with E-state index in [9.17, 15) is 0 Å². The van der Waals surface area contributed by atoms with Crippen LogP contribution in [0, 0.1) is 0 Å². The molecule has 1 saturated carbocycles. The molecule has 4 heteroatoms. The molecule has 1 aliphatic carbocycles. The number of anilines is 2. The third kappa shape index (κ3) is 1.91. The van der Waals surface area contributed by atoms with Gasteiger partial charge in [-0.05, 0) is 31.4 Å². The fourth-order valence-electron chi connectivity index (χ4n) is 1.46. The van der Waals surface area contributed by atoms with Crippen LogP contribution in [0.4, 0.5) is 11.4 Å². The molecule has 1 aromatic carbocycles. The van der Waals surface area contributed by atoms with Crippen LogP contribution in [0.1, 0.15) is 19.3 Å². The van der Waals surface area contributed by atoms with Gasteiger partial charge in [-0.1, -0.05) is 23.2 Å². The molecule has 0 radical (unpaired) electrons. The molecule has 0 aliphatic heterocycles. The molecular weight excluding hydrogens is 219 g/mol. The zero-order valence-electron chi connectivity index (χ0n) is 7.69. The Morgan fingerprint density at radius 3 is 2.43 bits per heavy atom. The van der Waals surface area contributed by atoms with Crippen molar-refractivity contribution in [3.05, 3.63) is 22.2 Å². The summed E-state index contributed by atoms with van der Waals surface area (Å²) in [5, 5.41) is 4.39. The van der Waals surface area contributed by atoms with E-state index in [0.29, 0.717) is 21.8 Å². The molecule has 0 saturated heterocycles. The highest BCUT2D eigenvalue weighted by Gasteiger charge is 2.18. The predicted octanol–water partition coefficient (Wildman–Crippen LogP) is 3.54. The van der Waals surface area contributed by atoms with Crippen molar-refractivity contribution >= 4 is 34.6 Å². The van der Waals surface area contributed by atoms with Crippen molar-refractivity contribution in [2.75, 3.05) is 11.1 Å². The van der Waals surface area contributed by atoms with Crippen LogP contribution in [-0.4, -0.2) is 6.04 Å². The van der Waals surface area contributed by atoms with E-state index in [0.717, 1.165) is 5.69 Å². The van der Waals surface area contributed by atoms with Crippen LogP contribution in [0.15, 0.2) is 12.1 Å². The second-order valence-electron chi connectivity index (χ2n) is 3.63. The van der Waals surface area contributed by atoms with Gasteiger partial charge >= 0.3 is 0 Å². The first-order valence-corrected chi connectivity index (χ1v) is 5.43. The lowest BCUT2D eigenvalue weighted by Crippen LogP contribution is -2.27. The molecule has 0 unspecified atom stereocenters. The number of nitrogens with one attached hydrogen (secondary N) is 1. The summed E-state index contributed by atoms with van der Waals surface area (Å²) >= 11 is 11.7. The van der Waals surface area contributed by atoms with E-state index in [1.54, 1.807) is 12.1 Å². The van der Waals surface area contributed by atoms with Crippen LogP contribution in [0.2, 0.25) is 10.0 Å². The van der Waals surface area contributed by atoms with Crippen LogP contribution in [0.25, 0.3) is 0 Å². The van der Waals surface area contributed by atoms with Gasteiger partial charge < -0.3 is 11.1 Å².